The van der Waals surface area contributed by atoms with Crippen LogP contribution >= 0.6 is 0 Å². The van der Waals surface area contributed by atoms with Crippen LogP contribution in [0.2, 0.25) is 0 Å². The fraction of sp³-hybridized carbons (Fsp3) is 1.00. The van der Waals surface area contributed by atoms with E-state index in [1.165, 1.54) is 77.2 Å². The van der Waals surface area contributed by atoms with E-state index < -0.39 is 18.5 Å². The Labute approximate surface area is 344 Å². The Morgan fingerprint density at radius 2 is 0.625 bits per heavy atom. The van der Waals surface area contributed by atoms with Crippen LogP contribution in [0, 0.1) is 59.2 Å². The molecule has 56 heavy (non-hydrogen) atoms. The highest BCUT2D eigenvalue weighted by molar-refractivity contribution is 4.84. The Balaban J connectivity index is -0.000000183. The van der Waals surface area contributed by atoms with E-state index in [9.17, 15) is 13.2 Å². The molecule has 8 nitrogen and oxygen atoms in total. The van der Waals surface area contributed by atoms with Crippen LogP contribution in [0.3, 0.4) is 0 Å². The first-order chi connectivity index (χ1) is 24.0. The molecular formula is C45H100F3N3O5. The maximum Gasteiger partial charge on any atom is 0.134 e. The summed E-state index contributed by atoms with van der Waals surface area (Å²) < 4.78 is 38.5. The number of alkyl halides is 3. The lowest BCUT2D eigenvalue weighted by Gasteiger charge is -2.30. The van der Waals surface area contributed by atoms with Gasteiger partial charge in [-0.05, 0) is 118 Å². The van der Waals surface area contributed by atoms with Crippen molar-refractivity contribution in [3.63, 3.8) is 0 Å². The number of nitrogens with one attached hydrogen (secondary N) is 3. The standard InChI is InChI=1S/C8H14F2.C8H15F.2C8H16.C7H15N.C6H14N2.5H2O/c1-5-3-4-6(2)8(10)7(5)9;1-6-3-4-7(2)8(9)5-6;2*1-7-3-5-8(2)6-4-7;1-6-3-4-7(2)8-5-6;1-5-3-7-6(2)8-4-5;;;;;/h5-8H,3-4H2,1-2H3;6-8H,3-5H2,1-2H3;2*7-8H,3-6H2,1-2H3;6-8H,3-5H2,1-2H3;5-8H,3-4H2,1-2H3;5*1H2. The summed E-state index contributed by atoms with van der Waals surface area (Å²) in [6.45, 7) is 29.7. The molecule has 4 aliphatic carbocycles. The molecular weight excluding hydrogens is 720 g/mol. The van der Waals surface area contributed by atoms with Crippen LogP contribution in [0.5, 0.6) is 0 Å². The molecule has 0 bridgehead atoms. The summed E-state index contributed by atoms with van der Waals surface area (Å²) in [5, 5.41) is 10.1. The molecule has 0 spiro atoms. The molecule has 2 aliphatic heterocycles. The van der Waals surface area contributed by atoms with E-state index >= 15 is 0 Å². The molecule has 11 heteroatoms. The normalized spacial score (nSPS) is 38.7. The highest BCUT2D eigenvalue weighted by atomic mass is 19.2. The van der Waals surface area contributed by atoms with Gasteiger partial charge in [-0.15, -0.1) is 0 Å². The molecule has 0 amide bonds. The molecule has 13 N–H and O–H groups in total. The van der Waals surface area contributed by atoms with Crippen molar-refractivity contribution in [1.29, 1.82) is 0 Å². The summed E-state index contributed by atoms with van der Waals surface area (Å²) in [4.78, 5) is 0. The van der Waals surface area contributed by atoms with Gasteiger partial charge in [-0.1, -0.05) is 127 Å². The maximum absolute atomic E-state index is 12.8. The minimum Gasteiger partial charge on any atom is -0.412 e. The van der Waals surface area contributed by atoms with Crippen LogP contribution in [0.4, 0.5) is 13.2 Å². The van der Waals surface area contributed by atoms with Crippen molar-refractivity contribution in [2.45, 2.75) is 210 Å². The van der Waals surface area contributed by atoms with Gasteiger partial charge in [-0.25, -0.2) is 13.2 Å². The second kappa shape index (κ2) is 36.3. The SMILES string of the molecule is CC1CCC(C)C(F)C1.CC1CCC(C)C(F)C1F.CC1CCC(C)CC1.CC1CCC(C)CC1.CC1CCC(C)NC1.CC1CNC(C)NC1.O.O.O.O.O. The average molecular weight is 820 g/mol. The van der Waals surface area contributed by atoms with Crippen molar-refractivity contribution >= 4 is 0 Å². The molecule has 9 atom stereocenters. The minimum atomic E-state index is -1.22. The van der Waals surface area contributed by atoms with E-state index in [1.54, 1.807) is 13.8 Å². The fourth-order valence-corrected chi connectivity index (χ4v) is 7.83. The zero-order chi connectivity index (χ0) is 38.5. The summed E-state index contributed by atoms with van der Waals surface area (Å²) in [6.07, 6.45) is 16.9. The fourth-order valence-electron chi connectivity index (χ4n) is 7.83. The van der Waals surface area contributed by atoms with E-state index in [0.29, 0.717) is 18.0 Å². The van der Waals surface area contributed by atoms with Crippen molar-refractivity contribution in [3.05, 3.63) is 0 Å². The van der Waals surface area contributed by atoms with Crippen LogP contribution in [0.1, 0.15) is 179 Å². The highest BCUT2D eigenvalue weighted by Crippen LogP contribution is 2.33. The van der Waals surface area contributed by atoms with Crippen molar-refractivity contribution in [2.75, 3.05) is 19.6 Å². The molecule has 0 aromatic carbocycles. The minimum absolute atomic E-state index is 0. The van der Waals surface area contributed by atoms with Gasteiger partial charge in [-0.3, -0.25) is 0 Å². The smallest absolute Gasteiger partial charge is 0.134 e. The topological polar surface area (TPSA) is 194 Å². The van der Waals surface area contributed by atoms with Gasteiger partial charge in [-0.2, -0.15) is 0 Å². The third kappa shape index (κ3) is 30.5. The highest BCUT2D eigenvalue weighted by Gasteiger charge is 2.35. The molecule has 6 rings (SSSR count). The predicted octanol–water partition coefficient (Wildman–Crippen LogP) is 8.61. The van der Waals surface area contributed by atoms with Gasteiger partial charge in [0.15, 0.2) is 0 Å². The first kappa shape index (κ1) is 64.6. The summed E-state index contributed by atoms with van der Waals surface area (Å²) in [6, 6.07) is 0.770. The van der Waals surface area contributed by atoms with E-state index in [-0.39, 0.29) is 39.2 Å². The summed E-state index contributed by atoms with van der Waals surface area (Å²) in [7, 11) is 0. The van der Waals surface area contributed by atoms with Crippen LogP contribution in [0.15, 0.2) is 0 Å². The summed E-state index contributed by atoms with van der Waals surface area (Å²) >= 11 is 0. The molecule has 0 radical (unpaired) electrons. The van der Waals surface area contributed by atoms with E-state index in [0.717, 1.165) is 80.3 Å². The lowest BCUT2D eigenvalue weighted by molar-refractivity contribution is 0.0367. The van der Waals surface area contributed by atoms with Crippen LogP contribution in [-0.4, -0.2) is 77.7 Å². The van der Waals surface area contributed by atoms with E-state index in [2.05, 4.69) is 78.3 Å². The molecule has 9 unspecified atom stereocenters. The Morgan fingerprint density at radius 3 is 0.893 bits per heavy atom. The number of rotatable bonds is 0. The quantitative estimate of drug-likeness (QED) is 0.221. The van der Waals surface area contributed by atoms with Crippen LogP contribution in [0.25, 0.3) is 0 Å². The molecule has 0 aromatic heterocycles. The Morgan fingerprint density at radius 1 is 0.321 bits per heavy atom. The zero-order valence-corrected chi connectivity index (χ0v) is 38.5. The lowest BCUT2D eigenvalue weighted by Crippen LogP contribution is -2.50. The second-order valence-electron chi connectivity index (χ2n) is 19.2. The summed E-state index contributed by atoms with van der Waals surface area (Å²) in [5.74, 6) is 6.57. The first-order valence-electron chi connectivity index (χ1n) is 22.1. The van der Waals surface area contributed by atoms with Gasteiger partial charge < -0.3 is 43.3 Å². The first-order valence-corrected chi connectivity index (χ1v) is 22.1. The van der Waals surface area contributed by atoms with E-state index in [4.69, 9.17) is 0 Å². The monoisotopic (exact) mass is 820 g/mol. The molecule has 6 aliphatic rings. The Kier molecular flexibility index (Phi) is 41.9. The molecule has 6 fully saturated rings. The molecule has 2 saturated heterocycles. The Hall–Kier alpha value is -0.530. The largest absolute Gasteiger partial charge is 0.412 e. The maximum atomic E-state index is 12.8. The van der Waals surface area contributed by atoms with Crippen LogP contribution in [-0.2, 0) is 0 Å². The molecule has 4 saturated carbocycles. The van der Waals surface area contributed by atoms with Crippen molar-refractivity contribution in [2.24, 2.45) is 59.2 Å². The lowest BCUT2D eigenvalue weighted by atomic mass is 9.81. The zero-order valence-electron chi connectivity index (χ0n) is 38.5. The predicted molar refractivity (Wildman–Crippen MR) is 237 cm³/mol. The van der Waals surface area contributed by atoms with E-state index in [1.807, 2.05) is 6.92 Å². The number of hydrogen-bond acceptors (Lipinski definition) is 3. The average Bonchev–Trinajstić information content (AvgIpc) is 3.10. The van der Waals surface area contributed by atoms with Gasteiger partial charge in [0.2, 0.25) is 0 Å². The van der Waals surface area contributed by atoms with Gasteiger partial charge >= 0.3 is 0 Å². The van der Waals surface area contributed by atoms with Crippen molar-refractivity contribution < 1.29 is 40.6 Å². The van der Waals surface area contributed by atoms with Gasteiger partial charge in [0.1, 0.15) is 18.5 Å². The summed E-state index contributed by atoms with van der Waals surface area (Å²) in [5.41, 5.74) is 0. The number of piperidine rings is 1. The third-order valence-corrected chi connectivity index (χ3v) is 12.9. The van der Waals surface area contributed by atoms with Gasteiger partial charge in [0, 0.05) is 19.1 Å². The molecule has 346 valence electrons. The van der Waals surface area contributed by atoms with Gasteiger partial charge in [0.25, 0.3) is 0 Å². The van der Waals surface area contributed by atoms with Crippen LogP contribution < -0.4 is 16.0 Å². The van der Waals surface area contributed by atoms with Crippen molar-refractivity contribution in [1.82, 2.24) is 16.0 Å². The molecule has 2 heterocycles. The number of hydrogen-bond donors (Lipinski definition) is 3. The van der Waals surface area contributed by atoms with Gasteiger partial charge in [0.05, 0.1) is 6.17 Å². The number of halogens is 3. The van der Waals surface area contributed by atoms with Crippen molar-refractivity contribution in [3.8, 4) is 0 Å². The molecule has 0 aromatic rings. The Bertz CT molecular complexity index is 689. The third-order valence-electron chi connectivity index (χ3n) is 12.9. The second-order valence-corrected chi connectivity index (χ2v) is 19.2.